The van der Waals surface area contributed by atoms with E-state index in [-0.39, 0.29) is 24.2 Å². The van der Waals surface area contributed by atoms with Gasteiger partial charge in [-0.3, -0.25) is 0 Å². The largest absolute Gasteiger partial charge is 0.465 e. The minimum Gasteiger partial charge on any atom is -0.465 e. The van der Waals surface area contributed by atoms with Gasteiger partial charge in [0, 0.05) is 17.0 Å². The third-order valence-electron chi connectivity index (χ3n) is 5.63. The van der Waals surface area contributed by atoms with Crippen LogP contribution in [0, 0.1) is 11.8 Å². The Labute approximate surface area is 155 Å². The van der Waals surface area contributed by atoms with Crippen molar-refractivity contribution in [2.75, 3.05) is 13.2 Å². The molecular formula is C20H18O7. The van der Waals surface area contributed by atoms with Gasteiger partial charge in [0.25, 0.3) is 0 Å². The van der Waals surface area contributed by atoms with Crippen LogP contribution in [0.2, 0.25) is 0 Å². The van der Waals surface area contributed by atoms with Gasteiger partial charge < -0.3 is 24.0 Å². The summed E-state index contributed by atoms with van der Waals surface area (Å²) < 4.78 is 18.2. The second-order valence-electron chi connectivity index (χ2n) is 7.23. The molecule has 2 fully saturated rings. The Morgan fingerprint density at radius 3 is 2.37 bits per heavy atom. The van der Waals surface area contributed by atoms with Gasteiger partial charge in [0.2, 0.25) is 6.29 Å². The molecule has 0 amide bonds. The predicted octanol–water partition coefficient (Wildman–Crippen LogP) is 3.07. The molecule has 4 atom stereocenters. The van der Waals surface area contributed by atoms with Crippen LogP contribution in [-0.2, 0) is 32.5 Å². The lowest BCUT2D eigenvalue weighted by molar-refractivity contribution is -0.194. The van der Waals surface area contributed by atoms with E-state index in [1.165, 1.54) is 0 Å². The number of hydrogen-bond donors (Lipinski definition) is 0. The van der Waals surface area contributed by atoms with Crippen molar-refractivity contribution < 1.29 is 33.8 Å². The normalized spacial score (nSPS) is 30.4. The maximum atomic E-state index is 6.13. The molecule has 0 bridgehead atoms. The Bertz CT molecular complexity index is 883. The lowest BCUT2D eigenvalue weighted by atomic mass is 9.89. The van der Waals surface area contributed by atoms with Crippen molar-refractivity contribution in [2.24, 2.45) is 11.8 Å². The lowest BCUT2D eigenvalue weighted by Crippen LogP contribution is -2.26. The minimum atomic E-state index is -0.317. The highest BCUT2D eigenvalue weighted by atomic mass is 17.2. The minimum absolute atomic E-state index is 0.00341. The Balaban J connectivity index is 1.19. The molecule has 7 nitrogen and oxygen atoms in total. The van der Waals surface area contributed by atoms with Crippen molar-refractivity contribution in [3.63, 3.8) is 0 Å². The first-order chi connectivity index (χ1) is 13.3. The maximum absolute atomic E-state index is 6.13. The molecular weight excluding hydrogens is 352 g/mol. The first kappa shape index (κ1) is 15.7. The summed E-state index contributed by atoms with van der Waals surface area (Å²) in [5.74, 6) is 2.72. The number of ether oxygens (including phenoxy) is 3. The van der Waals surface area contributed by atoms with Crippen LogP contribution in [0.5, 0.6) is 17.2 Å². The third kappa shape index (κ3) is 2.58. The van der Waals surface area contributed by atoms with Crippen LogP contribution in [0.1, 0.15) is 22.8 Å². The SMILES string of the molecule is c1cc2c(cc1OC1OCC3C(c4ccc5c(c4)COO5)OCC13)COO2. The molecule has 4 aliphatic heterocycles. The highest BCUT2D eigenvalue weighted by molar-refractivity contribution is 5.41. The lowest BCUT2D eigenvalue weighted by Gasteiger charge is -2.18. The maximum Gasteiger partial charge on any atom is 0.205 e. The summed E-state index contributed by atoms with van der Waals surface area (Å²) in [6, 6.07) is 11.7. The van der Waals surface area contributed by atoms with Crippen LogP contribution >= 0.6 is 0 Å². The number of rotatable bonds is 3. The van der Waals surface area contributed by atoms with Gasteiger partial charge in [0.1, 0.15) is 19.0 Å². The zero-order chi connectivity index (χ0) is 17.8. The third-order valence-corrected chi connectivity index (χ3v) is 5.63. The summed E-state index contributed by atoms with van der Waals surface area (Å²) in [4.78, 5) is 20.2. The topological polar surface area (TPSA) is 64.6 Å². The van der Waals surface area contributed by atoms with Crippen LogP contribution < -0.4 is 14.5 Å². The number of fused-ring (bicyclic) bond motifs is 3. The summed E-state index contributed by atoms with van der Waals surface area (Å²) in [7, 11) is 0. The Kier molecular flexibility index (Phi) is 3.55. The smallest absolute Gasteiger partial charge is 0.205 e. The molecule has 0 radical (unpaired) electrons. The second-order valence-corrected chi connectivity index (χ2v) is 7.23. The van der Waals surface area contributed by atoms with Gasteiger partial charge >= 0.3 is 0 Å². The van der Waals surface area contributed by atoms with Crippen molar-refractivity contribution in [3.05, 3.63) is 53.1 Å². The van der Waals surface area contributed by atoms with E-state index in [1.807, 2.05) is 30.3 Å². The van der Waals surface area contributed by atoms with Gasteiger partial charge in [-0.15, -0.1) is 0 Å². The first-order valence-corrected chi connectivity index (χ1v) is 9.10. The van der Waals surface area contributed by atoms with E-state index in [4.69, 9.17) is 33.8 Å². The molecule has 0 N–H and O–H groups in total. The molecule has 4 aliphatic rings. The molecule has 0 aliphatic carbocycles. The van der Waals surface area contributed by atoms with E-state index in [0.717, 1.165) is 33.9 Å². The monoisotopic (exact) mass is 370 g/mol. The number of benzene rings is 2. The van der Waals surface area contributed by atoms with Gasteiger partial charge in [0.15, 0.2) is 11.5 Å². The fourth-order valence-electron chi connectivity index (χ4n) is 4.21. The molecule has 2 saturated heterocycles. The van der Waals surface area contributed by atoms with E-state index in [2.05, 4.69) is 6.07 Å². The number of hydrogen-bond acceptors (Lipinski definition) is 7. The highest BCUT2D eigenvalue weighted by Crippen LogP contribution is 2.46. The van der Waals surface area contributed by atoms with E-state index in [9.17, 15) is 0 Å². The van der Waals surface area contributed by atoms with Crippen molar-refractivity contribution >= 4 is 0 Å². The Morgan fingerprint density at radius 2 is 1.52 bits per heavy atom. The van der Waals surface area contributed by atoms with Crippen molar-refractivity contribution in [2.45, 2.75) is 25.6 Å². The van der Waals surface area contributed by atoms with Crippen molar-refractivity contribution in [1.29, 1.82) is 0 Å². The first-order valence-electron chi connectivity index (χ1n) is 9.10. The molecule has 140 valence electrons. The molecule has 7 heteroatoms. The quantitative estimate of drug-likeness (QED) is 0.770. The average Bonchev–Trinajstić information content (AvgIpc) is 3.46. The fraction of sp³-hybridized carbons (Fsp3) is 0.400. The Morgan fingerprint density at radius 1 is 0.778 bits per heavy atom. The summed E-state index contributed by atoms with van der Waals surface area (Å²) >= 11 is 0. The summed E-state index contributed by atoms with van der Waals surface area (Å²) in [6.45, 7) is 2.13. The average molecular weight is 370 g/mol. The van der Waals surface area contributed by atoms with Crippen molar-refractivity contribution in [3.8, 4) is 17.2 Å². The molecule has 27 heavy (non-hydrogen) atoms. The molecule has 2 aromatic carbocycles. The van der Waals surface area contributed by atoms with Crippen LogP contribution in [0.3, 0.4) is 0 Å². The van der Waals surface area contributed by atoms with Crippen LogP contribution in [-0.4, -0.2) is 19.5 Å². The van der Waals surface area contributed by atoms with E-state index in [0.29, 0.717) is 26.4 Å². The van der Waals surface area contributed by atoms with E-state index < -0.39 is 0 Å². The molecule has 0 spiro atoms. The van der Waals surface area contributed by atoms with E-state index >= 15 is 0 Å². The van der Waals surface area contributed by atoms with Gasteiger partial charge in [-0.05, 0) is 35.9 Å². The predicted molar refractivity (Wildman–Crippen MR) is 89.8 cm³/mol. The summed E-state index contributed by atoms with van der Waals surface area (Å²) in [5.41, 5.74) is 3.16. The summed E-state index contributed by atoms with van der Waals surface area (Å²) in [5, 5.41) is 0. The van der Waals surface area contributed by atoms with Gasteiger partial charge in [0.05, 0.1) is 25.2 Å². The van der Waals surface area contributed by atoms with Crippen LogP contribution in [0.25, 0.3) is 0 Å². The van der Waals surface area contributed by atoms with Gasteiger partial charge in [-0.25, -0.2) is 0 Å². The van der Waals surface area contributed by atoms with Gasteiger partial charge in [-0.1, -0.05) is 6.07 Å². The summed E-state index contributed by atoms with van der Waals surface area (Å²) in [6.07, 6.45) is -0.321. The van der Waals surface area contributed by atoms with Crippen LogP contribution in [0.4, 0.5) is 0 Å². The second kappa shape index (κ2) is 6.10. The Hall–Kier alpha value is -2.32. The zero-order valence-corrected chi connectivity index (χ0v) is 14.5. The van der Waals surface area contributed by atoms with Gasteiger partial charge in [-0.2, -0.15) is 9.78 Å². The van der Waals surface area contributed by atoms with E-state index in [1.54, 1.807) is 0 Å². The molecule has 4 heterocycles. The molecule has 0 aromatic heterocycles. The fourth-order valence-corrected chi connectivity index (χ4v) is 4.21. The van der Waals surface area contributed by atoms with Crippen molar-refractivity contribution in [1.82, 2.24) is 0 Å². The molecule has 0 saturated carbocycles. The molecule has 2 aromatic rings. The highest BCUT2D eigenvalue weighted by Gasteiger charge is 2.49. The zero-order valence-electron chi connectivity index (χ0n) is 14.5. The molecule has 4 unspecified atom stereocenters. The van der Waals surface area contributed by atoms with Crippen LogP contribution in [0.15, 0.2) is 36.4 Å². The molecule has 6 rings (SSSR count). The standard InChI is InChI=1S/C20H18O7/c1-3-17-12(7-23-26-17)5-11(1)19-15-9-22-20(16(15)10-21-19)25-14-2-4-18-13(6-14)8-24-27-18/h1-6,15-16,19-20H,7-10H2.